The Morgan fingerprint density at radius 1 is 0.957 bits per heavy atom. The van der Waals surface area contributed by atoms with Gasteiger partial charge in [-0.1, -0.05) is 24.3 Å². The Morgan fingerprint density at radius 3 is 2.17 bits per heavy atom. The van der Waals surface area contributed by atoms with Crippen molar-refractivity contribution in [1.82, 2.24) is 0 Å². The van der Waals surface area contributed by atoms with Crippen LogP contribution in [-0.2, 0) is 14.2 Å². The van der Waals surface area contributed by atoms with E-state index < -0.39 is 5.79 Å². The Hall–Kier alpha value is -2.24. The molecule has 0 radical (unpaired) electrons. The first kappa shape index (κ1) is 17.1. The number of hydrogen-bond acceptors (Lipinski definition) is 5. The van der Waals surface area contributed by atoms with Crippen LogP contribution in [0.2, 0.25) is 0 Å². The van der Waals surface area contributed by atoms with E-state index in [0.717, 1.165) is 16.9 Å². The maximum absolute atomic E-state index is 10.6. The van der Waals surface area contributed by atoms with Gasteiger partial charge in [0, 0.05) is 13.5 Å². The van der Waals surface area contributed by atoms with Gasteiger partial charge in [-0.25, -0.2) is 0 Å². The minimum atomic E-state index is -1.53. The molecule has 5 heteroatoms. The van der Waals surface area contributed by atoms with Crippen LogP contribution in [0, 0.1) is 0 Å². The van der Waals surface area contributed by atoms with Crippen LogP contribution in [0.25, 0.3) is 6.08 Å². The summed E-state index contributed by atoms with van der Waals surface area (Å²) in [4.78, 5) is 0. The molecule has 0 heterocycles. The molecule has 1 N–H and O–H groups in total. The highest BCUT2D eigenvalue weighted by atomic mass is 16.6. The third kappa shape index (κ3) is 3.75. The Kier molecular flexibility index (Phi) is 5.47. The van der Waals surface area contributed by atoms with E-state index in [1.165, 1.54) is 21.3 Å². The predicted molar refractivity (Wildman–Crippen MR) is 87.7 cm³/mol. The normalized spacial score (nSPS) is 21.3. The summed E-state index contributed by atoms with van der Waals surface area (Å²) in [5.41, 5.74) is 1.89. The highest BCUT2D eigenvalue weighted by molar-refractivity contribution is 5.55. The summed E-state index contributed by atoms with van der Waals surface area (Å²) in [5.74, 6) is -0.0160. The molecule has 1 aliphatic carbocycles. The minimum absolute atomic E-state index is 0.268. The van der Waals surface area contributed by atoms with E-state index in [2.05, 4.69) is 0 Å². The van der Waals surface area contributed by atoms with Crippen LogP contribution in [0.1, 0.15) is 12.0 Å². The molecule has 1 aromatic carbocycles. The van der Waals surface area contributed by atoms with Crippen LogP contribution in [-0.4, -0.2) is 39.3 Å². The van der Waals surface area contributed by atoms with Crippen molar-refractivity contribution in [3.8, 4) is 5.75 Å². The molecule has 0 fully saturated rings. The molecular weight excluding hydrogens is 296 g/mol. The topological polar surface area (TPSA) is 57.2 Å². The zero-order valence-electron chi connectivity index (χ0n) is 13.8. The van der Waals surface area contributed by atoms with E-state index in [-0.39, 0.29) is 12.2 Å². The second-order valence-corrected chi connectivity index (χ2v) is 5.09. The summed E-state index contributed by atoms with van der Waals surface area (Å²) in [5, 5.41) is 10.6. The standard InChI is InChI=1S/C18H22O5/c1-20-15-9-7-13(8-10-15)5-6-14-11-16(21-2)17(22-3)18(19,12-14)23-4/h5-11,19H,12H2,1-4H3. The van der Waals surface area contributed by atoms with E-state index in [0.29, 0.717) is 5.76 Å². The zero-order chi connectivity index (χ0) is 16.9. The number of ether oxygens (including phenoxy) is 4. The van der Waals surface area contributed by atoms with Gasteiger partial charge in [0.05, 0.1) is 21.3 Å². The van der Waals surface area contributed by atoms with Gasteiger partial charge in [0.25, 0.3) is 0 Å². The predicted octanol–water partition coefficient (Wildman–Crippen LogP) is 2.88. The van der Waals surface area contributed by atoms with Crippen LogP contribution in [0.4, 0.5) is 0 Å². The lowest BCUT2D eigenvalue weighted by atomic mass is 9.95. The van der Waals surface area contributed by atoms with Crippen LogP contribution in [0.5, 0.6) is 5.75 Å². The van der Waals surface area contributed by atoms with Gasteiger partial charge in [0.15, 0.2) is 11.5 Å². The molecule has 0 bridgehead atoms. The fraction of sp³-hybridized carbons (Fsp3) is 0.333. The van der Waals surface area contributed by atoms with Crippen molar-refractivity contribution in [1.29, 1.82) is 0 Å². The first-order valence-corrected chi connectivity index (χ1v) is 7.19. The number of allylic oxidation sites excluding steroid dienone is 2. The van der Waals surface area contributed by atoms with Gasteiger partial charge in [-0.05, 0) is 29.3 Å². The van der Waals surface area contributed by atoms with E-state index >= 15 is 0 Å². The van der Waals surface area contributed by atoms with Crippen LogP contribution < -0.4 is 4.74 Å². The third-order valence-corrected chi connectivity index (χ3v) is 3.71. The highest BCUT2D eigenvalue weighted by Gasteiger charge is 2.39. The van der Waals surface area contributed by atoms with E-state index in [1.54, 1.807) is 7.11 Å². The molecule has 0 aliphatic heterocycles. The average molecular weight is 318 g/mol. The molecule has 1 unspecified atom stereocenters. The Bertz CT molecular complexity index is 627. The lowest BCUT2D eigenvalue weighted by molar-refractivity contribution is -0.182. The molecule has 0 spiro atoms. The monoisotopic (exact) mass is 318 g/mol. The van der Waals surface area contributed by atoms with Crippen LogP contribution in [0.15, 0.2) is 53.5 Å². The fourth-order valence-electron chi connectivity index (χ4n) is 2.44. The number of hydrogen-bond donors (Lipinski definition) is 1. The van der Waals surface area contributed by atoms with Gasteiger partial charge in [0.2, 0.25) is 5.79 Å². The SMILES string of the molecule is COC1=C(OC)C(O)(OC)CC(C=Cc2ccc(OC)cc2)=C1. The van der Waals surface area contributed by atoms with Gasteiger partial charge in [0.1, 0.15) is 5.75 Å². The molecule has 1 atom stereocenters. The second-order valence-electron chi connectivity index (χ2n) is 5.09. The first-order valence-electron chi connectivity index (χ1n) is 7.19. The van der Waals surface area contributed by atoms with Gasteiger partial charge in [-0.3, -0.25) is 0 Å². The minimum Gasteiger partial charge on any atom is -0.497 e. The van der Waals surface area contributed by atoms with Crippen molar-refractivity contribution in [3.05, 3.63) is 59.1 Å². The van der Waals surface area contributed by atoms with Gasteiger partial charge in [-0.2, -0.15) is 0 Å². The Balaban J connectivity index is 2.26. The molecule has 5 nitrogen and oxygen atoms in total. The van der Waals surface area contributed by atoms with Gasteiger partial charge < -0.3 is 24.1 Å². The molecule has 0 aromatic heterocycles. The molecule has 0 saturated carbocycles. The van der Waals surface area contributed by atoms with E-state index in [4.69, 9.17) is 18.9 Å². The number of aliphatic hydroxyl groups is 1. The molecule has 1 aromatic rings. The molecular formula is C18H22O5. The van der Waals surface area contributed by atoms with E-state index in [1.807, 2.05) is 42.5 Å². The maximum Gasteiger partial charge on any atom is 0.233 e. The fourth-order valence-corrected chi connectivity index (χ4v) is 2.44. The number of benzene rings is 1. The zero-order valence-corrected chi connectivity index (χ0v) is 13.8. The Morgan fingerprint density at radius 2 is 1.65 bits per heavy atom. The van der Waals surface area contributed by atoms with Crippen LogP contribution in [0.3, 0.4) is 0 Å². The third-order valence-electron chi connectivity index (χ3n) is 3.71. The van der Waals surface area contributed by atoms with Crippen molar-refractivity contribution >= 4 is 6.08 Å². The molecule has 124 valence electrons. The lowest BCUT2D eigenvalue weighted by Gasteiger charge is -2.32. The lowest BCUT2D eigenvalue weighted by Crippen LogP contribution is -2.37. The number of methoxy groups -OCH3 is 4. The summed E-state index contributed by atoms with van der Waals surface area (Å²) >= 11 is 0. The number of rotatable bonds is 6. The molecule has 0 saturated heterocycles. The highest BCUT2D eigenvalue weighted by Crippen LogP contribution is 2.35. The van der Waals surface area contributed by atoms with Crippen molar-refractivity contribution in [2.24, 2.45) is 0 Å². The average Bonchev–Trinajstić information content (AvgIpc) is 2.59. The summed E-state index contributed by atoms with van der Waals surface area (Å²) in [7, 11) is 6.07. The van der Waals surface area contributed by atoms with Crippen molar-refractivity contribution < 1.29 is 24.1 Å². The van der Waals surface area contributed by atoms with Crippen LogP contribution >= 0.6 is 0 Å². The second kappa shape index (κ2) is 7.35. The maximum atomic E-state index is 10.6. The Labute approximate surface area is 136 Å². The van der Waals surface area contributed by atoms with Crippen molar-refractivity contribution in [3.63, 3.8) is 0 Å². The van der Waals surface area contributed by atoms with Gasteiger partial charge >= 0.3 is 0 Å². The summed E-state index contributed by atoms with van der Waals surface area (Å²) in [6, 6.07) is 7.69. The van der Waals surface area contributed by atoms with Crippen molar-refractivity contribution in [2.45, 2.75) is 12.2 Å². The van der Waals surface area contributed by atoms with E-state index in [9.17, 15) is 5.11 Å². The van der Waals surface area contributed by atoms with Crippen molar-refractivity contribution in [2.75, 3.05) is 28.4 Å². The summed E-state index contributed by atoms with van der Waals surface area (Å²) in [6.07, 6.45) is 5.96. The molecule has 23 heavy (non-hydrogen) atoms. The largest absolute Gasteiger partial charge is 0.497 e. The first-order chi connectivity index (χ1) is 11.1. The summed E-state index contributed by atoms with van der Waals surface area (Å²) in [6.45, 7) is 0. The molecule has 2 rings (SSSR count). The molecule has 0 amide bonds. The molecule has 1 aliphatic rings. The summed E-state index contributed by atoms with van der Waals surface area (Å²) < 4.78 is 20.9. The quantitative estimate of drug-likeness (QED) is 0.817. The smallest absolute Gasteiger partial charge is 0.233 e. The van der Waals surface area contributed by atoms with Gasteiger partial charge in [-0.15, -0.1) is 0 Å².